The molecule has 0 bridgehead atoms. The van der Waals surface area contributed by atoms with Crippen LogP contribution in [0.1, 0.15) is 20.8 Å². The van der Waals surface area contributed by atoms with Gasteiger partial charge < -0.3 is 28.0 Å². The third-order valence-electron chi connectivity index (χ3n) is 3.96. The molecule has 0 saturated carbocycles. The fraction of sp³-hybridized carbons (Fsp3) is 0.923. The third-order valence-corrected chi connectivity index (χ3v) is 6.25. The van der Waals surface area contributed by atoms with Crippen LogP contribution in [0.3, 0.4) is 0 Å². The SMILES string of the molecule is COP(=O)(OC)[C@H](C[N+](=O)[O-])[C@H]1O[C@@H]2OC(C)(C)O[C@@H]2[C@H]1OC(C)=O. The van der Waals surface area contributed by atoms with E-state index in [9.17, 15) is 19.5 Å². The Bertz CT molecular complexity index is 573. The van der Waals surface area contributed by atoms with Crippen LogP contribution in [0.5, 0.6) is 0 Å². The highest BCUT2D eigenvalue weighted by atomic mass is 31.2. The number of esters is 1. The molecule has 0 N–H and O–H groups in total. The number of rotatable bonds is 7. The van der Waals surface area contributed by atoms with Crippen molar-refractivity contribution in [1.29, 1.82) is 0 Å². The van der Waals surface area contributed by atoms with Gasteiger partial charge in [-0.05, 0) is 13.8 Å². The van der Waals surface area contributed by atoms with Crippen LogP contribution < -0.4 is 0 Å². The maximum atomic E-state index is 12.8. The lowest BCUT2D eigenvalue weighted by molar-refractivity contribution is -0.482. The Balaban J connectivity index is 2.36. The Morgan fingerprint density at radius 2 is 1.92 bits per heavy atom. The number of nitro groups is 1. The van der Waals surface area contributed by atoms with Gasteiger partial charge in [0.25, 0.3) is 0 Å². The number of hydrogen-bond acceptors (Lipinski definition) is 10. The molecular weight excluding hydrogens is 361 g/mol. The molecule has 11 nitrogen and oxygen atoms in total. The molecule has 2 fully saturated rings. The van der Waals surface area contributed by atoms with E-state index >= 15 is 0 Å². The number of fused-ring (bicyclic) bond motifs is 1. The zero-order valence-corrected chi connectivity index (χ0v) is 15.5. The van der Waals surface area contributed by atoms with E-state index < -0.39 is 61.1 Å². The predicted octanol–water partition coefficient (Wildman–Crippen LogP) is 0.926. The van der Waals surface area contributed by atoms with Crippen LogP contribution in [-0.4, -0.2) is 67.7 Å². The van der Waals surface area contributed by atoms with E-state index in [0.29, 0.717) is 0 Å². The summed E-state index contributed by atoms with van der Waals surface area (Å²) in [6.45, 7) is 3.71. The van der Waals surface area contributed by atoms with Crippen molar-refractivity contribution in [3.8, 4) is 0 Å². The summed E-state index contributed by atoms with van der Waals surface area (Å²) in [4.78, 5) is 21.9. The smallest absolute Gasteiger partial charge is 0.342 e. The van der Waals surface area contributed by atoms with Gasteiger partial charge in [-0.15, -0.1) is 0 Å². The fourth-order valence-corrected chi connectivity index (χ4v) is 4.65. The first-order valence-corrected chi connectivity index (χ1v) is 9.15. The fourth-order valence-electron chi connectivity index (χ4n) is 3.02. The Hall–Kier alpha value is -1.10. The van der Waals surface area contributed by atoms with Gasteiger partial charge >= 0.3 is 13.6 Å². The zero-order chi connectivity index (χ0) is 19.0. The molecule has 2 rings (SSSR count). The van der Waals surface area contributed by atoms with Crippen molar-refractivity contribution < 1.29 is 42.3 Å². The second-order valence-electron chi connectivity index (χ2n) is 6.13. The molecule has 2 aliphatic rings. The quantitative estimate of drug-likeness (QED) is 0.270. The molecule has 2 aliphatic heterocycles. The van der Waals surface area contributed by atoms with Gasteiger partial charge in [0.05, 0.1) is 0 Å². The molecule has 0 unspecified atom stereocenters. The third kappa shape index (κ3) is 4.18. The van der Waals surface area contributed by atoms with Crippen molar-refractivity contribution >= 4 is 13.6 Å². The highest BCUT2D eigenvalue weighted by Gasteiger charge is 2.62. The minimum Gasteiger partial charge on any atom is -0.457 e. The number of ether oxygens (including phenoxy) is 4. The molecular formula is C13H22NO10P. The predicted molar refractivity (Wildman–Crippen MR) is 81.5 cm³/mol. The van der Waals surface area contributed by atoms with Crippen molar-refractivity contribution in [2.75, 3.05) is 20.8 Å². The summed E-state index contributed by atoms with van der Waals surface area (Å²) in [6.07, 6.45) is -3.97. The van der Waals surface area contributed by atoms with Gasteiger partial charge in [0.1, 0.15) is 6.10 Å². The lowest BCUT2D eigenvalue weighted by atomic mass is 10.1. The summed E-state index contributed by atoms with van der Waals surface area (Å²) in [6, 6.07) is 0. The number of nitrogens with zero attached hydrogens (tertiary/aromatic N) is 1. The van der Waals surface area contributed by atoms with Gasteiger partial charge in [0, 0.05) is 26.1 Å². The summed E-state index contributed by atoms with van der Waals surface area (Å²) >= 11 is 0. The van der Waals surface area contributed by atoms with Gasteiger partial charge in [0.2, 0.25) is 6.54 Å². The molecule has 2 saturated heterocycles. The standard InChI is InChI=1S/C13H22NO10P/c1-7(15)21-10-9(22-12-11(10)23-13(2,3)24-12)8(6-14(16)17)25(18,19-4)20-5/h8-12H,6H2,1-5H3/t8-,9-,10+,11-,12-/m1/s1. The highest BCUT2D eigenvalue weighted by molar-refractivity contribution is 7.54. The van der Waals surface area contributed by atoms with E-state index in [2.05, 4.69) is 0 Å². The molecule has 0 aromatic rings. The first-order chi connectivity index (χ1) is 11.5. The molecule has 0 radical (unpaired) electrons. The summed E-state index contributed by atoms with van der Waals surface area (Å²) in [5.74, 6) is -1.62. The van der Waals surface area contributed by atoms with Crippen LogP contribution in [-0.2, 0) is 37.4 Å². The van der Waals surface area contributed by atoms with Gasteiger partial charge in [0.15, 0.2) is 29.9 Å². The van der Waals surface area contributed by atoms with Crippen LogP contribution >= 0.6 is 7.60 Å². The Morgan fingerprint density at radius 3 is 2.40 bits per heavy atom. The average molecular weight is 383 g/mol. The maximum absolute atomic E-state index is 12.8. The van der Waals surface area contributed by atoms with E-state index in [4.69, 9.17) is 28.0 Å². The summed E-state index contributed by atoms with van der Waals surface area (Å²) in [5.41, 5.74) is -1.32. The lowest BCUT2D eigenvalue weighted by Crippen LogP contribution is -2.46. The van der Waals surface area contributed by atoms with Gasteiger partial charge in [-0.3, -0.25) is 19.5 Å². The van der Waals surface area contributed by atoms with Crippen LogP contribution in [0, 0.1) is 10.1 Å². The molecule has 0 amide bonds. The first-order valence-electron chi connectivity index (χ1n) is 7.54. The molecule has 0 aromatic heterocycles. The number of carbonyl (C=O) groups excluding carboxylic acids is 1. The van der Waals surface area contributed by atoms with Crippen LogP contribution in [0.4, 0.5) is 0 Å². The van der Waals surface area contributed by atoms with Crippen molar-refractivity contribution in [1.82, 2.24) is 0 Å². The maximum Gasteiger partial charge on any atom is 0.342 e. The highest BCUT2D eigenvalue weighted by Crippen LogP contribution is 2.56. The minimum atomic E-state index is -3.92. The van der Waals surface area contributed by atoms with Crippen LogP contribution in [0.25, 0.3) is 0 Å². The molecule has 12 heteroatoms. The lowest BCUT2D eigenvalue weighted by Gasteiger charge is -2.31. The Morgan fingerprint density at radius 1 is 1.32 bits per heavy atom. The molecule has 144 valence electrons. The largest absolute Gasteiger partial charge is 0.457 e. The first kappa shape index (κ1) is 20.2. The number of hydrogen-bond donors (Lipinski definition) is 0. The molecule has 5 atom stereocenters. The van der Waals surface area contributed by atoms with Crippen molar-refractivity contribution in [2.45, 2.75) is 56.8 Å². The van der Waals surface area contributed by atoms with Gasteiger partial charge in [-0.1, -0.05) is 0 Å². The molecule has 2 heterocycles. The van der Waals surface area contributed by atoms with Crippen LogP contribution in [0.2, 0.25) is 0 Å². The topological polar surface area (TPSA) is 133 Å². The molecule has 0 aromatic carbocycles. The monoisotopic (exact) mass is 383 g/mol. The van der Waals surface area contributed by atoms with Crippen molar-refractivity contribution in [2.24, 2.45) is 0 Å². The molecule has 0 spiro atoms. The van der Waals surface area contributed by atoms with Crippen LogP contribution in [0.15, 0.2) is 0 Å². The second-order valence-corrected chi connectivity index (χ2v) is 8.60. The number of carbonyl (C=O) groups is 1. The summed E-state index contributed by atoms with van der Waals surface area (Å²) in [5, 5.41) is 11.1. The van der Waals surface area contributed by atoms with E-state index in [-0.39, 0.29) is 0 Å². The Kier molecular flexibility index (Phi) is 5.87. The van der Waals surface area contributed by atoms with Gasteiger partial charge in [-0.25, -0.2) is 0 Å². The average Bonchev–Trinajstić information content (AvgIpc) is 2.96. The van der Waals surface area contributed by atoms with E-state index in [1.54, 1.807) is 13.8 Å². The molecule has 0 aliphatic carbocycles. The molecule has 25 heavy (non-hydrogen) atoms. The summed E-state index contributed by atoms with van der Waals surface area (Å²) < 4.78 is 44.8. The van der Waals surface area contributed by atoms with E-state index in [1.165, 1.54) is 6.92 Å². The van der Waals surface area contributed by atoms with Crippen molar-refractivity contribution in [3.05, 3.63) is 10.1 Å². The summed E-state index contributed by atoms with van der Waals surface area (Å²) in [7, 11) is -1.69. The van der Waals surface area contributed by atoms with E-state index in [0.717, 1.165) is 14.2 Å². The normalized spacial score (nSPS) is 32.2. The zero-order valence-electron chi connectivity index (χ0n) is 14.6. The Labute approximate surface area is 144 Å². The van der Waals surface area contributed by atoms with E-state index in [1.807, 2.05) is 0 Å². The minimum absolute atomic E-state index is 0.642. The van der Waals surface area contributed by atoms with Crippen molar-refractivity contribution in [3.63, 3.8) is 0 Å². The van der Waals surface area contributed by atoms with Gasteiger partial charge in [-0.2, -0.15) is 0 Å². The second kappa shape index (κ2) is 7.26.